The van der Waals surface area contributed by atoms with Gasteiger partial charge < -0.3 is 4.90 Å². The van der Waals surface area contributed by atoms with E-state index in [1.165, 1.54) is 4.90 Å². The summed E-state index contributed by atoms with van der Waals surface area (Å²) in [6.07, 6.45) is -1.23. The van der Waals surface area contributed by atoms with Crippen molar-refractivity contribution in [2.24, 2.45) is 0 Å². The molecule has 0 N–H and O–H groups in total. The van der Waals surface area contributed by atoms with Crippen molar-refractivity contribution >= 4 is 5.91 Å². The van der Waals surface area contributed by atoms with E-state index in [2.05, 4.69) is 0 Å². The van der Waals surface area contributed by atoms with Gasteiger partial charge in [0.1, 0.15) is 5.82 Å². The zero-order valence-electron chi connectivity index (χ0n) is 10.8. The Bertz CT molecular complexity index is 490. The molecule has 1 fully saturated rings. The molecule has 1 aromatic carbocycles. The Morgan fingerprint density at radius 3 is 2.20 bits per heavy atom. The predicted molar refractivity (Wildman–Crippen MR) is 65.8 cm³/mol. The molecular formula is C14H15F4NO. The molecule has 1 aromatic rings. The smallest absolute Gasteiger partial charge is 0.339 e. The van der Waals surface area contributed by atoms with Crippen LogP contribution in [0.1, 0.15) is 41.6 Å². The van der Waals surface area contributed by atoms with E-state index in [0.29, 0.717) is 19.2 Å². The Labute approximate surface area is 114 Å². The highest BCUT2D eigenvalue weighted by Gasteiger charge is 2.36. The topological polar surface area (TPSA) is 20.3 Å². The van der Waals surface area contributed by atoms with Crippen LogP contribution in [0.15, 0.2) is 18.2 Å². The third-order valence-corrected chi connectivity index (χ3v) is 3.43. The van der Waals surface area contributed by atoms with E-state index in [4.69, 9.17) is 0 Å². The maximum atomic E-state index is 13.9. The zero-order chi connectivity index (χ0) is 14.8. The van der Waals surface area contributed by atoms with Gasteiger partial charge in [0.15, 0.2) is 0 Å². The van der Waals surface area contributed by atoms with E-state index in [1.54, 1.807) is 0 Å². The van der Waals surface area contributed by atoms with E-state index in [0.717, 1.165) is 37.8 Å². The molecule has 6 heteroatoms. The van der Waals surface area contributed by atoms with E-state index in [1.807, 2.05) is 0 Å². The van der Waals surface area contributed by atoms with Crippen molar-refractivity contribution in [3.05, 3.63) is 35.1 Å². The maximum absolute atomic E-state index is 13.9. The third kappa shape index (κ3) is 3.11. The molecule has 0 aliphatic carbocycles. The lowest BCUT2D eigenvalue weighted by molar-refractivity contribution is -0.140. The fraction of sp³-hybridized carbons (Fsp3) is 0.500. The average molecular weight is 289 g/mol. The molecule has 1 saturated heterocycles. The van der Waals surface area contributed by atoms with Crippen molar-refractivity contribution in [3.8, 4) is 0 Å². The van der Waals surface area contributed by atoms with Gasteiger partial charge in [0.25, 0.3) is 5.91 Å². The van der Waals surface area contributed by atoms with Crippen molar-refractivity contribution in [1.29, 1.82) is 0 Å². The number of hydrogen-bond donors (Lipinski definition) is 0. The van der Waals surface area contributed by atoms with Crippen molar-refractivity contribution < 1.29 is 22.4 Å². The third-order valence-electron chi connectivity index (χ3n) is 3.43. The lowest BCUT2D eigenvalue weighted by Gasteiger charge is -2.21. The number of likely N-dealkylation sites (tertiary alicyclic amines) is 1. The number of rotatable bonds is 1. The van der Waals surface area contributed by atoms with Gasteiger partial charge >= 0.3 is 6.18 Å². The first kappa shape index (κ1) is 14.8. The number of halogens is 4. The minimum Gasteiger partial charge on any atom is -0.339 e. The van der Waals surface area contributed by atoms with Crippen LogP contribution in [0.25, 0.3) is 0 Å². The Hall–Kier alpha value is -1.59. The number of alkyl halides is 3. The number of benzene rings is 1. The Kier molecular flexibility index (Phi) is 4.30. The summed E-state index contributed by atoms with van der Waals surface area (Å²) in [5, 5.41) is 0. The maximum Gasteiger partial charge on any atom is 0.419 e. The molecule has 0 spiro atoms. The van der Waals surface area contributed by atoms with Gasteiger partial charge in [-0.3, -0.25) is 4.79 Å². The minimum absolute atomic E-state index is 0.467. The fourth-order valence-electron chi connectivity index (χ4n) is 2.36. The van der Waals surface area contributed by atoms with Crippen LogP contribution >= 0.6 is 0 Å². The van der Waals surface area contributed by atoms with Crippen LogP contribution in [-0.2, 0) is 6.18 Å². The molecule has 1 heterocycles. The fourth-order valence-corrected chi connectivity index (χ4v) is 2.36. The Morgan fingerprint density at radius 2 is 1.65 bits per heavy atom. The molecule has 20 heavy (non-hydrogen) atoms. The highest BCUT2D eigenvalue weighted by atomic mass is 19.4. The normalized spacial score (nSPS) is 16.9. The summed E-state index contributed by atoms with van der Waals surface area (Å²) in [5.74, 6) is -2.13. The van der Waals surface area contributed by atoms with Crippen molar-refractivity contribution in [3.63, 3.8) is 0 Å². The molecule has 0 aromatic heterocycles. The van der Waals surface area contributed by atoms with Crippen molar-refractivity contribution in [1.82, 2.24) is 4.90 Å². The summed E-state index contributed by atoms with van der Waals surface area (Å²) in [7, 11) is 0. The number of hydrogen-bond acceptors (Lipinski definition) is 1. The van der Waals surface area contributed by atoms with Gasteiger partial charge in [-0.25, -0.2) is 4.39 Å². The van der Waals surface area contributed by atoms with Gasteiger partial charge in [0.05, 0.1) is 11.1 Å². The van der Waals surface area contributed by atoms with Crippen molar-refractivity contribution in [2.45, 2.75) is 31.9 Å². The molecule has 0 bridgehead atoms. The molecule has 0 atom stereocenters. The largest absolute Gasteiger partial charge is 0.419 e. The lowest BCUT2D eigenvalue weighted by atomic mass is 10.1. The first-order valence-electron chi connectivity index (χ1n) is 6.56. The first-order valence-corrected chi connectivity index (χ1v) is 6.56. The standard InChI is InChI=1S/C14H15F4NO/c15-12-10(6-5-7-11(12)14(16,17)18)13(20)19-8-3-1-2-4-9-19/h5-7H,1-4,8-9H2. The number of carbonyl (C=O) groups is 1. The molecule has 0 radical (unpaired) electrons. The van der Waals surface area contributed by atoms with Crippen molar-refractivity contribution in [2.75, 3.05) is 13.1 Å². The van der Waals surface area contributed by atoms with Gasteiger partial charge in [-0.1, -0.05) is 18.9 Å². The molecule has 0 saturated carbocycles. The Balaban J connectivity index is 2.30. The van der Waals surface area contributed by atoms with Crippen LogP contribution in [0.3, 0.4) is 0 Å². The molecule has 1 aliphatic heterocycles. The summed E-state index contributed by atoms with van der Waals surface area (Å²) < 4.78 is 51.8. The van der Waals surface area contributed by atoms with Crippen LogP contribution in [0.4, 0.5) is 17.6 Å². The molecule has 2 rings (SSSR count). The van der Waals surface area contributed by atoms with Crippen LogP contribution in [-0.4, -0.2) is 23.9 Å². The second-order valence-electron chi connectivity index (χ2n) is 4.87. The summed E-state index contributed by atoms with van der Waals surface area (Å²) in [4.78, 5) is 13.6. The number of nitrogens with zero attached hydrogens (tertiary/aromatic N) is 1. The van der Waals surface area contributed by atoms with Gasteiger partial charge in [-0.05, 0) is 25.0 Å². The monoisotopic (exact) mass is 289 g/mol. The summed E-state index contributed by atoms with van der Waals surface area (Å²) in [5.41, 5.74) is -1.89. The molecule has 110 valence electrons. The van der Waals surface area contributed by atoms with Crippen LogP contribution in [0.2, 0.25) is 0 Å². The Morgan fingerprint density at radius 1 is 1.05 bits per heavy atom. The average Bonchev–Trinajstić information content (AvgIpc) is 2.65. The number of carbonyl (C=O) groups excluding carboxylic acids is 1. The van der Waals surface area contributed by atoms with Gasteiger partial charge in [-0.15, -0.1) is 0 Å². The minimum atomic E-state index is -4.79. The molecular weight excluding hydrogens is 274 g/mol. The van der Waals surface area contributed by atoms with Crippen LogP contribution in [0, 0.1) is 5.82 Å². The summed E-state index contributed by atoms with van der Waals surface area (Å²) >= 11 is 0. The molecule has 2 nitrogen and oxygen atoms in total. The van der Waals surface area contributed by atoms with Gasteiger partial charge in [-0.2, -0.15) is 13.2 Å². The van der Waals surface area contributed by atoms with E-state index in [-0.39, 0.29) is 0 Å². The van der Waals surface area contributed by atoms with Gasteiger partial charge in [0.2, 0.25) is 0 Å². The summed E-state index contributed by atoms with van der Waals surface area (Å²) in [6, 6.07) is 2.82. The molecule has 1 amide bonds. The second kappa shape index (κ2) is 5.81. The summed E-state index contributed by atoms with van der Waals surface area (Å²) in [6.45, 7) is 0.934. The molecule has 1 aliphatic rings. The molecule has 0 unspecified atom stereocenters. The highest BCUT2D eigenvalue weighted by Crippen LogP contribution is 2.32. The van der Waals surface area contributed by atoms with Crippen LogP contribution in [0.5, 0.6) is 0 Å². The van der Waals surface area contributed by atoms with E-state index in [9.17, 15) is 22.4 Å². The second-order valence-corrected chi connectivity index (χ2v) is 4.87. The van der Waals surface area contributed by atoms with E-state index >= 15 is 0 Å². The number of amides is 1. The zero-order valence-corrected chi connectivity index (χ0v) is 10.8. The SMILES string of the molecule is O=C(c1cccc(C(F)(F)F)c1F)N1CCCCCC1. The van der Waals surface area contributed by atoms with Crippen LogP contribution < -0.4 is 0 Å². The first-order chi connectivity index (χ1) is 9.41. The van der Waals surface area contributed by atoms with Gasteiger partial charge in [0, 0.05) is 13.1 Å². The highest BCUT2D eigenvalue weighted by molar-refractivity contribution is 5.94. The lowest BCUT2D eigenvalue weighted by Crippen LogP contribution is -2.32. The quantitative estimate of drug-likeness (QED) is 0.719. The van der Waals surface area contributed by atoms with E-state index < -0.39 is 29.0 Å². The predicted octanol–water partition coefficient (Wildman–Crippen LogP) is 3.86.